The molecule has 0 bridgehead atoms. The van der Waals surface area contributed by atoms with Gasteiger partial charge in [0.1, 0.15) is 0 Å². The molecule has 0 saturated heterocycles. The van der Waals surface area contributed by atoms with Crippen molar-refractivity contribution in [2.45, 2.75) is 32.9 Å². The first-order valence-corrected chi connectivity index (χ1v) is 5.98. The van der Waals surface area contributed by atoms with Crippen LogP contribution in [0, 0.1) is 0 Å². The zero-order valence-corrected chi connectivity index (χ0v) is 10.8. The lowest BCUT2D eigenvalue weighted by molar-refractivity contribution is 0.533. The molecule has 1 aromatic carbocycles. The van der Waals surface area contributed by atoms with Gasteiger partial charge >= 0.3 is 0 Å². The first-order chi connectivity index (χ1) is 6.63. The lowest BCUT2D eigenvalue weighted by Crippen LogP contribution is -2.24. The molecule has 0 aliphatic carbocycles. The third-order valence-corrected chi connectivity index (χ3v) is 3.27. The van der Waals surface area contributed by atoms with Crippen LogP contribution in [0.3, 0.4) is 0 Å². The Labute approximate surface area is 99.0 Å². The van der Waals surface area contributed by atoms with Gasteiger partial charge in [-0.1, -0.05) is 34.5 Å². The molecule has 0 fully saturated rings. The van der Waals surface area contributed by atoms with Gasteiger partial charge in [-0.2, -0.15) is 0 Å². The average Bonchev–Trinajstić information content (AvgIpc) is 2.19. The second-order valence-corrected chi connectivity index (χ2v) is 4.72. The Bertz CT molecular complexity index is 301. The van der Waals surface area contributed by atoms with Crippen molar-refractivity contribution in [3.63, 3.8) is 0 Å². The lowest BCUT2D eigenvalue weighted by Gasteiger charge is -2.12. The van der Waals surface area contributed by atoms with Gasteiger partial charge in [-0.25, -0.2) is 0 Å². The summed E-state index contributed by atoms with van der Waals surface area (Å²) in [6.07, 6.45) is 1.14. The highest BCUT2D eigenvalue weighted by Gasteiger charge is 2.02. The van der Waals surface area contributed by atoms with Gasteiger partial charge in [-0.3, -0.25) is 0 Å². The molecule has 1 atom stereocenters. The quantitative estimate of drug-likeness (QED) is 0.877. The molecular formula is C11H15BrClN. The van der Waals surface area contributed by atoms with Gasteiger partial charge in [-0.15, -0.1) is 0 Å². The molecule has 1 N–H and O–H groups in total. The summed E-state index contributed by atoms with van der Waals surface area (Å²) in [6, 6.07) is 6.40. The van der Waals surface area contributed by atoms with Crippen LogP contribution in [0.1, 0.15) is 25.8 Å². The summed E-state index contributed by atoms with van der Waals surface area (Å²) in [4.78, 5) is 0. The summed E-state index contributed by atoms with van der Waals surface area (Å²) in [5.74, 6) is 0. The van der Waals surface area contributed by atoms with E-state index in [1.54, 1.807) is 0 Å². The Morgan fingerprint density at radius 3 is 2.86 bits per heavy atom. The maximum absolute atomic E-state index is 5.92. The SMILES string of the molecule is CCC(C)NCc1cc(Cl)ccc1Br. The van der Waals surface area contributed by atoms with Crippen molar-refractivity contribution in [3.8, 4) is 0 Å². The van der Waals surface area contributed by atoms with Gasteiger partial charge in [0.25, 0.3) is 0 Å². The molecule has 0 spiro atoms. The highest BCUT2D eigenvalue weighted by atomic mass is 79.9. The predicted molar refractivity (Wildman–Crippen MR) is 65.7 cm³/mol. The highest BCUT2D eigenvalue weighted by Crippen LogP contribution is 2.21. The van der Waals surface area contributed by atoms with Gasteiger partial charge in [0.15, 0.2) is 0 Å². The standard InChI is InChI=1S/C11H15BrClN/c1-3-8(2)14-7-9-6-10(13)4-5-11(9)12/h4-6,8,14H,3,7H2,1-2H3. The minimum Gasteiger partial charge on any atom is -0.310 e. The molecule has 0 aromatic heterocycles. The smallest absolute Gasteiger partial charge is 0.0410 e. The van der Waals surface area contributed by atoms with E-state index in [-0.39, 0.29) is 0 Å². The number of benzene rings is 1. The molecule has 0 aliphatic rings. The average molecular weight is 277 g/mol. The number of halogens is 2. The van der Waals surface area contributed by atoms with Crippen LogP contribution in [0.2, 0.25) is 5.02 Å². The normalized spacial score (nSPS) is 12.9. The lowest BCUT2D eigenvalue weighted by atomic mass is 10.2. The topological polar surface area (TPSA) is 12.0 Å². The van der Waals surface area contributed by atoms with Crippen molar-refractivity contribution in [3.05, 3.63) is 33.3 Å². The maximum Gasteiger partial charge on any atom is 0.0410 e. The fraction of sp³-hybridized carbons (Fsp3) is 0.455. The number of hydrogen-bond donors (Lipinski definition) is 1. The van der Waals surface area contributed by atoms with E-state index in [1.807, 2.05) is 18.2 Å². The molecule has 14 heavy (non-hydrogen) atoms. The van der Waals surface area contributed by atoms with Crippen LogP contribution >= 0.6 is 27.5 Å². The summed E-state index contributed by atoms with van der Waals surface area (Å²) in [7, 11) is 0. The molecular weight excluding hydrogens is 261 g/mol. The first-order valence-electron chi connectivity index (χ1n) is 4.80. The molecule has 1 nitrogen and oxygen atoms in total. The summed E-state index contributed by atoms with van der Waals surface area (Å²) >= 11 is 9.42. The molecule has 1 unspecified atom stereocenters. The van der Waals surface area contributed by atoms with E-state index >= 15 is 0 Å². The fourth-order valence-electron chi connectivity index (χ4n) is 1.11. The van der Waals surface area contributed by atoms with Gasteiger partial charge in [0, 0.05) is 22.1 Å². The monoisotopic (exact) mass is 275 g/mol. The molecule has 1 aromatic rings. The third-order valence-electron chi connectivity index (χ3n) is 2.26. The Morgan fingerprint density at radius 1 is 1.50 bits per heavy atom. The van der Waals surface area contributed by atoms with Crippen molar-refractivity contribution >= 4 is 27.5 Å². The van der Waals surface area contributed by atoms with E-state index in [2.05, 4.69) is 35.1 Å². The van der Waals surface area contributed by atoms with E-state index in [1.165, 1.54) is 5.56 Å². The van der Waals surface area contributed by atoms with Gasteiger partial charge < -0.3 is 5.32 Å². The van der Waals surface area contributed by atoms with Crippen LogP contribution in [0.15, 0.2) is 22.7 Å². The summed E-state index contributed by atoms with van der Waals surface area (Å²) in [6.45, 7) is 5.21. The predicted octanol–water partition coefficient (Wildman–Crippen LogP) is 3.99. The van der Waals surface area contributed by atoms with Crippen molar-refractivity contribution in [1.82, 2.24) is 5.32 Å². The van der Waals surface area contributed by atoms with Crippen LogP contribution in [-0.4, -0.2) is 6.04 Å². The summed E-state index contributed by atoms with van der Waals surface area (Å²) < 4.78 is 1.11. The van der Waals surface area contributed by atoms with E-state index in [9.17, 15) is 0 Å². The van der Waals surface area contributed by atoms with E-state index in [0.717, 1.165) is 22.5 Å². The minimum atomic E-state index is 0.542. The first kappa shape index (κ1) is 12.0. The molecule has 1 rings (SSSR count). The molecule has 0 heterocycles. The second kappa shape index (κ2) is 5.74. The van der Waals surface area contributed by atoms with Crippen molar-refractivity contribution < 1.29 is 0 Å². The fourth-order valence-corrected chi connectivity index (χ4v) is 1.69. The van der Waals surface area contributed by atoms with Crippen molar-refractivity contribution in [2.75, 3.05) is 0 Å². The molecule has 0 amide bonds. The van der Waals surface area contributed by atoms with Crippen LogP contribution in [0.4, 0.5) is 0 Å². The van der Waals surface area contributed by atoms with Gasteiger partial charge in [0.2, 0.25) is 0 Å². The molecule has 0 saturated carbocycles. The molecule has 0 aliphatic heterocycles. The zero-order chi connectivity index (χ0) is 10.6. The Balaban J connectivity index is 2.62. The van der Waals surface area contributed by atoms with Crippen LogP contribution < -0.4 is 5.32 Å². The number of nitrogens with one attached hydrogen (secondary N) is 1. The van der Waals surface area contributed by atoms with Crippen LogP contribution in [0.5, 0.6) is 0 Å². The van der Waals surface area contributed by atoms with Crippen molar-refractivity contribution in [1.29, 1.82) is 0 Å². The zero-order valence-electron chi connectivity index (χ0n) is 8.48. The highest BCUT2D eigenvalue weighted by molar-refractivity contribution is 9.10. The molecule has 78 valence electrons. The van der Waals surface area contributed by atoms with Gasteiger partial charge in [-0.05, 0) is 37.1 Å². The number of hydrogen-bond acceptors (Lipinski definition) is 1. The molecule has 3 heteroatoms. The van der Waals surface area contributed by atoms with E-state index < -0.39 is 0 Å². The Hall–Kier alpha value is -0.0500. The minimum absolute atomic E-state index is 0.542. The van der Waals surface area contributed by atoms with Crippen LogP contribution in [0.25, 0.3) is 0 Å². The Kier molecular flexibility index (Phi) is 4.93. The maximum atomic E-state index is 5.92. The third kappa shape index (κ3) is 3.60. The second-order valence-electron chi connectivity index (χ2n) is 3.43. The van der Waals surface area contributed by atoms with Gasteiger partial charge in [0.05, 0.1) is 0 Å². The summed E-state index contributed by atoms with van der Waals surface area (Å²) in [5.41, 5.74) is 1.21. The van der Waals surface area contributed by atoms with Crippen molar-refractivity contribution in [2.24, 2.45) is 0 Å². The Morgan fingerprint density at radius 2 is 2.21 bits per heavy atom. The number of rotatable bonds is 4. The molecule has 0 radical (unpaired) electrons. The summed E-state index contributed by atoms with van der Waals surface area (Å²) in [5, 5.41) is 4.21. The van der Waals surface area contributed by atoms with E-state index in [4.69, 9.17) is 11.6 Å². The largest absolute Gasteiger partial charge is 0.310 e. The van der Waals surface area contributed by atoms with Crippen LogP contribution in [-0.2, 0) is 6.54 Å². The van der Waals surface area contributed by atoms with E-state index in [0.29, 0.717) is 6.04 Å².